The van der Waals surface area contributed by atoms with Crippen LogP contribution in [-0.4, -0.2) is 72.3 Å². The van der Waals surface area contributed by atoms with Crippen LogP contribution in [0.1, 0.15) is 139 Å². The summed E-state index contributed by atoms with van der Waals surface area (Å²) in [5, 5.41) is 22.4. The number of hydrogen-bond donors (Lipinski definition) is 2. The van der Waals surface area contributed by atoms with Crippen LogP contribution in [0, 0.1) is 10.8 Å². The second kappa shape index (κ2) is 19.9. The Morgan fingerprint density at radius 1 is 0.623 bits per heavy atom. The molecule has 0 radical (unpaired) electrons. The van der Waals surface area contributed by atoms with Crippen molar-refractivity contribution in [2.75, 3.05) is 19.6 Å². The number of likely N-dealkylation sites (tertiary alicyclic amines) is 2. The summed E-state index contributed by atoms with van der Waals surface area (Å²) in [6.45, 7) is 2.52. The number of fused-ring (bicyclic) bond motifs is 2. The minimum absolute atomic E-state index is 0.168. The van der Waals surface area contributed by atoms with Crippen LogP contribution >= 0.6 is 0 Å². The number of carbonyl (C=O) groups excluding carboxylic acids is 1. The normalized spacial score (nSPS) is 23.2. The molecule has 2 saturated heterocycles. The third-order valence-electron chi connectivity index (χ3n) is 11.4. The molecule has 3 aromatic heterocycles. The molecule has 0 saturated carbocycles. The molecule has 2 bridgehead atoms. The predicted octanol–water partition coefficient (Wildman–Crippen LogP) is 8.46. The van der Waals surface area contributed by atoms with Crippen molar-refractivity contribution < 1.29 is 24.6 Å². The number of carboxylic acids is 2. The number of carboxylic acid groups (broad SMARTS) is 2. The number of unbranched alkanes of at least 4 members (excludes halogenated alkanes) is 15. The Bertz CT molecular complexity index is 1500. The number of Topliss-reactive ketones (excluding diaryl/α,β-unsaturated/α-hetero) is 1. The molecule has 10 heteroatoms. The summed E-state index contributed by atoms with van der Waals surface area (Å²) in [5.74, 6) is -3.48. The fourth-order valence-corrected chi connectivity index (χ4v) is 8.86. The summed E-state index contributed by atoms with van der Waals surface area (Å²) in [5.41, 5.74) is -2.67. The molecular formula is C43H59N5O5. The fraction of sp³-hybridized carbons (Fsp3) is 0.581. The maximum absolute atomic E-state index is 15.0. The number of pyridine rings is 3. The first-order chi connectivity index (χ1) is 25.9. The van der Waals surface area contributed by atoms with Crippen molar-refractivity contribution in [3.8, 4) is 0 Å². The zero-order valence-electron chi connectivity index (χ0n) is 31.6. The van der Waals surface area contributed by atoms with Crippen LogP contribution in [0.2, 0.25) is 0 Å². The number of ketones is 1. The molecule has 53 heavy (non-hydrogen) atoms. The first-order valence-corrected chi connectivity index (χ1v) is 20.1. The zero-order valence-corrected chi connectivity index (χ0v) is 31.6. The summed E-state index contributed by atoms with van der Waals surface area (Å²) in [6, 6.07) is 14.0. The van der Waals surface area contributed by atoms with Crippen molar-refractivity contribution >= 4 is 17.7 Å². The first-order valence-electron chi connectivity index (χ1n) is 20.1. The number of aromatic nitrogens is 3. The molecule has 0 amide bonds. The van der Waals surface area contributed by atoms with Crippen molar-refractivity contribution in [3.63, 3.8) is 0 Å². The summed E-state index contributed by atoms with van der Waals surface area (Å²) in [6.07, 6.45) is 24.5. The van der Waals surface area contributed by atoms with Gasteiger partial charge in [0.1, 0.15) is 0 Å². The molecule has 2 aliphatic heterocycles. The highest BCUT2D eigenvalue weighted by atomic mass is 16.4. The molecule has 286 valence electrons. The molecule has 0 aromatic carbocycles. The number of piperidine rings is 2. The Morgan fingerprint density at radius 2 is 1.04 bits per heavy atom. The molecule has 2 fully saturated rings. The Morgan fingerprint density at radius 3 is 1.42 bits per heavy atom. The summed E-state index contributed by atoms with van der Waals surface area (Å²) >= 11 is 0. The number of rotatable bonds is 23. The third-order valence-corrected chi connectivity index (χ3v) is 11.4. The average Bonchev–Trinajstić information content (AvgIpc) is 3.16. The SMILES string of the molecule is CCCCCCCCCCCCCCCCCCN1C(c2ccccn2)C2(C(=O)O)CN(Cc3ccccn3)CC(C(=O)O)(C2=O)C1c1ccccn1. The number of hydrogen-bond acceptors (Lipinski definition) is 8. The number of carbonyl (C=O) groups is 3. The van der Waals surface area contributed by atoms with E-state index in [1.807, 2.05) is 17.0 Å². The fourth-order valence-electron chi connectivity index (χ4n) is 8.86. The van der Waals surface area contributed by atoms with Crippen LogP contribution in [-0.2, 0) is 20.9 Å². The Balaban J connectivity index is 1.33. The highest BCUT2D eigenvalue weighted by Gasteiger charge is 2.75. The van der Waals surface area contributed by atoms with Crippen molar-refractivity contribution in [1.82, 2.24) is 24.8 Å². The van der Waals surface area contributed by atoms with Crippen molar-refractivity contribution in [2.45, 2.75) is 128 Å². The molecular weight excluding hydrogens is 667 g/mol. The Labute approximate surface area is 315 Å². The maximum atomic E-state index is 15.0. The van der Waals surface area contributed by atoms with E-state index in [1.165, 1.54) is 77.0 Å². The number of nitrogens with zero attached hydrogens (tertiary/aromatic N) is 5. The highest BCUT2D eigenvalue weighted by molar-refractivity contribution is 6.17. The lowest BCUT2D eigenvalue weighted by atomic mass is 9.54. The van der Waals surface area contributed by atoms with E-state index in [-0.39, 0.29) is 19.6 Å². The van der Waals surface area contributed by atoms with Crippen molar-refractivity contribution in [2.24, 2.45) is 10.8 Å². The smallest absolute Gasteiger partial charge is 0.320 e. The van der Waals surface area contributed by atoms with E-state index in [1.54, 1.807) is 66.0 Å². The van der Waals surface area contributed by atoms with Gasteiger partial charge in [-0.05, 0) is 49.4 Å². The molecule has 4 atom stereocenters. The molecule has 4 unspecified atom stereocenters. The van der Waals surface area contributed by atoms with Crippen LogP contribution < -0.4 is 0 Å². The Kier molecular flexibility index (Phi) is 15.1. The van der Waals surface area contributed by atoms with Crippen LogP contribution in [0.15, 0.2) is 73.2 Å². The molecule has 2 N–H and O–H groups in total. The van der Waals surface area contributed by atoms with Gasteiger partial charge in [-0.3, -0.25) is 39.1 Å². The van der Waals surface area contributed by atoms with Crippen LogP contribution in [0.4, 0.5) is 0 Å². The van der Waals surface area contributed by atoms with Gasteiger partial charge in [0.2, 0.25) is 0 Å². The maximum Gasteiger partial charge on any atom is 0.320 e. The average molecular weight is 726 g/mol. The molecule has 5 rings (SSSR count). The number of aliphatic carboxylic acids is 2. The van der Waals surface area contributed by atoms with E-state index >= 15 is 0 Å². The van der Waals surface area contributed by atoms with Crippen molar-refractivity contribution in [3.05, 3.63) is 90.3 Å². The standard InChI is InChI=1S/C43H59N5O5/c1-2-3-4-5-6-7-8-9-10-11-12-13-14-15-16-23-30-48-37(35-25-18-21-28-45-35)42(40(50)51)32-47(31-34-24-17-20-27-44-34)33-43(39(42)49,41(52)53)38(48)36-26-19-22-29-46-36/h17-22,24-29,37-38H,2-16,23,30-33H2,1H3,(H,50,51)(H,52,53). The molecule has 0 aliphatic carbocycles. The van der Waals surface area contributed by atoms with Gasteiger partial charge in [-0.15, -0.1) is 0 Å². The molecule has 2 aliphatic rings. The lowest BCUT2D eigenvalue weighted by Gasteiger charge is -2.61. The van der Waals surface area contributed by atoms with E-state index in [2.05, 4.69) is 21.9 Å². The van der Waals surface area contributed by atoms with E-state index in [0.29, 0.717) is 23.6 Å². The first kappa shape index (κ1) is 40.2. The van der Waals surface area contributed by atoms with Crippen LogP contribution in [0.3, 0.4) is 0 Å². The van der Waals surface area contributed by atoms with Crippen LogP contribution in [0.25, 0.3) is 0 Å². The largest absolute Gasteiger partial charge is 0.480 e. The third kappa shape index (κ3) is 9.38. The van der Waals surface area contributed by atoms with Gasteiger partial charge in [-0.2, -0.15) is 0 Å². The lowest BCUT2D eigenvalue weighted by Crippen LogP contribution is -2.75. The van der Waals surface area contributed by atoms with Gasteiger partial charge in [0.05, 0.1) is 29.2 Å². The highest BCUT2D eigenvalue weighted by Crippen LogP contribution is 2.60. The predicted molar refractivity (Wildman–Crippen MR) is 205 cm³/mol. The molecule has 0 spiro atoms. The second-order valence-electron chi connectivity index (χ2n) is 15.2. The van der Waals surface area contributed by atoms with Crippen LogP contribution in [0.5, 0.6) is 0 Å². The van der Waals surface area contributed by atoms with Gasteiger partial charge in [0.25, 0.3) is 0 Å². The lowest BCUT2D eigenvalue weighted by molar-refractivity contribution is -0.204. The van der Waals surface area contributed by atoms with Gasteiger partial charge in [-0.1, -0.05) is 121 Å². The molecule has 3 aromatic rings. The van der Waals surface area contributed by atoms with E-state index in [9.17, 15) is 24.6 Å². The van der Waals surface area contributed by atoms with Gasteiger partial charge in [0.15, 0.2) is 16.6 Å². The summed E-state index contributed by atoms with van der Waals surface area (Å²) < 4.78 is 0. The summed E-state index contributed by atoms with van der Waals surface area (Å²) in [4.78, 5) is 59.9. The Hall–Kier alpha value is -4.02. The van der Waals surface area contributed by atoms with Gasteiger partial charge >= 0.3 is 11.9 Å². The van der Waals surface area contributed by atoms with Gasteiger partial charge in [0, 0.05) is 38.2 Å². The molecule has 10 nitrogen and oxygen atoms in total. The van der Waals surface area contributed by atoms with E-state index in [0.717, 1.165) is 25.7 Å². The summed E-state index contributed by atoms with van der Waals surface area (Å²) in [7, 11) is 0. The topological polar surface area (TPSA) is 137 Å². The molecule has 5 heterocycles. The quantitative estimate of drug-likeness (QED) is 0.0724. The van der Waals surface area contributed by atoms with Gasteiger partial charge in [-0.25, -0.2) is 0 Å². The second-order valence-corrected chi connectivity index (χ2v) is 15.2. The monoisotopic (exact) mass is 725 g/mol. The van der Waals surface area contributed by atoms with E-state index in [4.69, 9.17) is 0 Å². The minimum atomic E-state index is -2.10. The van der Waals surface area contributed by atoms with E-state index < -0.39 is 40.6 Å². The van der Waals surface area contributed by atoms with Crippen molar-refractivity contribution in [1.29, 1.82) is 0 Å². The minimum Gasteiger partial charge on any atom is -0.480 e. The zero-order chi connectivity index (χ0) is 37.5. The van der Waals surface area contributed by atoms with Gasteiger partial charge < -0.3 is 10.2 Å².